The third-order valence-corrected chi connectivity index (χ3v) is 2.39. The fraction of sp³-hybridized carbons (Fsp3) is 0.357. The Morgan fingerprint density at radius 1 is 1.25 bits per heavy atom. The Balaban J connectivity index is 2.07. The van der Waals surface area contributed by atoms with Gasteiger partial charge in [-0.15, -0.1) is 0 Å². The number of hydrogen-bond donors (Lipinski definition) is 2. The monoisotopic (exact) mass is 273 g/mol. The van der Waals surface area contributed by atoms with Crippen molar-refractivity contribution in [2.45, 2.75) is 32.9 Å². The van der Waals surface area contributed by atoms with Gasteiger partial charge in [-0.05, 0) is 39.0 Å². The molecule has 0 spiro atoms. The minimum absolute atomic E-state index is 0.341. The van der Waals surface area contributed by atoms with E-state index in [1.807, 2.05) is 32.9 Å². The molecule has 0 unspecified atom stereocenters. The molecule has 20 heavy (non-hydrogen) atoms. The van der Waals surface area contributed by atoms with Crippen molar-refractivity contribution in [3.05, 3.63) is 36.4 Å². The summed E-state index contributed by atoms with van der Waals surface area (Å²) >= 11 is 0. The number of nitrogen functional groups attached to an aromatic ring is 1. The molecule has 6 nitrogen and oxygen atoms in total. The molecular formula is C14H19N5O. The third-order valence-electron chi connectivity index (χ3n) is 2.39. The van der Waals surface area contributed by atoms with E-state index >= 15 is 0 Å². The first-order valence-corrected chi connectivity index (χ1v) is 6.38. The zero-order valence-corrected chi connectivity index (χ0v) is 11.9. The molecule has 6 heteroatoms. The highest BCUT2D eigenvalue weighted by atomic mass is 16.5. The predicted molar refractivity (Wildman–Crippen MR) is 78.4 cm³/mol. The summed E-state index contributed by atoms with van der Waals surface area (Å²) in [6.07, 6.45) is 3.22. The van der Waals surface area contributed by atoms with Crippen molar-refractivity contribution in [3.63, 3.8) is 0 Å². The topological polar surface area (TPSA) is 86.0 Å². The van der Waals surface area contributed by atoms with Crippen molar-refractivity contribution >= 4 is 11.5 Å². The van der Waals surface area contributed by atoms with E-state index in [1.54, 1.807) is 12.3 Å². The Morgan fingerprint density at radius 3 is 2.70 bits per heavy atom. The van der Waals surface area contributed by atoms with Crippen molar-refractivity contribution in [2.75, 3.05) is 11.1 Å². The number of ether oxygens (including phenoxy) is 1. The lowest BCUT2D eigenvalue weighted by atomic mass is 10.2. The number of nitrogens with one attached hydrogen (secondary N) is 1. The van der Waals surface area contributed by atoms with Gasteiger partial charge < -0.3 is 15.8 Å². The summed E-state index contributed by atoms with van der Waals surface area (Å²) in [7, 11) is 0. The van der Waals surface area contributed by atoms with Gasteiger partial charge in [-0.3, -0.25) is 0 Å². The summed E-state index contributed by atoms with van der Waals surface area (Å²) < 4.78 is 5.72. The molecule has 0 bridgehead atoms. The third kappa shape index (κ3) is 4.08. The van der Waals surface area contributed by atoms with Gasteiger partial charge in [0, 0.05) is 6.20 Å². The van der Waals surface area contributed by atoms with Crippen molar-refractivity contribution in [1.82, 2.24) is 15.0 Å². The molecule has 2 rings (SSSR count). The van der Waals surface area contributed by atoms with Gasteiger partial charge in [0.15, 0.2) is 0 Å². The van der Waals surface area contributed by atoms with Gasteiger partial charge in [0.05, 0.1) is 17.9 Å². The Labute approximate surface area is 118 Å². The van der Waals surface area contributed by atoms with Crippen LogP contribution in [0.3, 0.4) is 0 Å². The number of hydrogen-bond acceptors (Lipinski definition) is 6. The van der Waals surface area contributed by atoms with Crippen molar-refractivity contribution in [3.8, 4) is 5.88 Å². The van der Waals surface area contributed by atoms with E-state index in [-0.39, 0.29) is 5.60 Å². The van der Waals surface area contributed by atoms with Crippen LogP contribution in [0, 0.1) is 0 Å². The highest BCUT2D eigenvalue weighted by Crippen LogP contribution is 2.24. The van der Waals surface area contributed by atoms with E-state index in [4.69, 9.17) is 10.5 Å². The zero-order valence-electron chi connectivity index (χ0n) is 11.9. The molecule has 0 fully saturated rings. The smallest absolute Gasteiger partial charge is 0.239 e. The van der Waals surface area contributed by atoms with Gasteiger partial charge in [-0.2, -0.15) is 4.98 Å². The fourth-order valence-corrected chi connectivity index (χ4v) is 1.53. The van der Waals surface area contributed by atoms with E-state index in [0.29, 0.717) is 23.9 Å². The molecule has 0 atom stereocenters. The van der Waals surface area contributed by atoms with Crippen LogP contribution in [0.4, 0.5) is 11.5 Å². The van der Waals surface area contributed by atoms with Crippen LogP contribution in [-0.4, -0.2) is 20.6 Å². The average Bonchev–Trinajstić information content (AvgIpc) is 2.39. The van der Waals surface area contributed by atoms with Crippen LogP contribution >= 0.6 is 0 Å². The number of rotatable bonds is 4. The second kappa shape index (κ2) is 5.73. The number of nitrogens with zero attached hydrogens (tertiary/aromatic N) is 3. The summed E-state index contributed by atoms with van der Waals surface area (Å²) in [5, 5.41) is 3.18. The molecule has 0 saturated heterocycles. The summed E-state index contributed by atoms with van der Waals surface area (Å²) in [6, 6.07) is 5.43. The number of aromatic nitrogens is 3. The maximum atomic E-state index is 5.87. The maximum absolute atomic E-state index is 5.87. The summed E-state index contributed by atoms with van der Waals surface area (Å²) in [6.45, 7) is 6.42. The average molecular weight is 273 g/mol. The second-order valence-corrected chi connectivity index (χ2v) is 5.36. The van der Waals surface area contributed by atoms with Gasteiger partial charge in [-0.25, -0.2) is 9.97 Å². The first-order valence-electron chi connectivity index (χ1n) is 6.38. The predicted octanol–water partition coefficient (Wildman–Crippen LogP) is 2.24. The first-order chi connectivity index (χ1) is 9.44. The Hall–Kier alpha value is -2.37. The number of anilines is 2. The molecule has 2 aromatic heterocycles. The first kappa shape index (κ1) is 14.0. The normalized spacial score (nSPS) is 11.2. The molecule has 0 aliphatic rings. The molecule has 2 aromatic rings. The van der Waals surface area contributed by atoms with Gasteiger partial charge >= 0.3 is 0 Å². The lowest BCUT2D eigenvalue weighted by molar-refractivity contribution is 0.125. The zero-order chi connectivity index (χ0) is 14.6. The van der Waals surface area contributed by atoms with Crippen LogP contribution < -0.4 is 15.8 Å². The van der Waals surface area contributed by atoms with Gasteiger partial charge in [0.2, 0.25) is 5.88 Å². The Kier molecular flexibility index (Phi) is 4.02. The SMILES string of the molecule is CC(C)(C)Oc1nc(NCc2ccncn2)ccc1N. The molecule has 0 aromatic carbocycles. The highest BCUT2D eigenvalue weighted by Gasteiger charge is 2.15. The molecule has 3 N–H and O–H groups in total. The molecule has 0 aliphatic carbocycles. The molecular weight excluding hydrogens is 254 g/mol. The van der Waals surface area contributed by atoms with Crippen LogP contribution in [-0.2, 0) is 6.54 Å². The summed E-state index contributed by atoms with van der Waals surface area (Å²) in [5.74, 6) is 1.13. The second-order valence-electron chi connectivity index (χ2n) is 5.36. The fourth-order valence-electron chi connectivity index (χ4n) is 1.53. The Bertz CT molecular complexity index is 566. The quantitative estimate of drug-likeness (QED) is 0.888. The maximum Gasteiger partial charge on any atom is 0.239 e. The molecule has 0 aliphatic heterocycles. The molecule has 2 heterocycles. The van der Waals surface area contributed by atoms with Crippen LogP contribution in [0.25, 0.3) is 0 Å². The summed E-state index contributed by atoms with van der Waals surface area (Å²) in [5.41, 5.74) is 6.93. The van der Waals surface area contributed by atoms with E-state index in [0.717, 1.165) is 5.69 Å². The van der Waals surface area contributed by atoms with Crippen molar-refractivity contribution in [1.29, 1.82) is 0 Å². The lowest BCUT2D eigenvalue weighted by Crippen LogP contribution is -2.24. The molecule has 0 radical (unpaired) electrons. The minimum atomic E-state index is -0.341. The van der Waals surface area contributed by atoms with E-state index in [9.17, 15) is 0 Å². The standard InChI is InChI=1S/C14H19N5O/c1-14(2,3)20-13-11(15)4-5-12(19-13)17-8-10-6-7-16-9-18-10/h4-7,9H,8,15H2,1-3H3,(H,17,19). The minimum Gasteiger partial charge on any atom is -0.470 e. The van der Waals surface area contributed by atoms with Gasteiger partial charge in [0.25, 0.3) is 0 Å². The van der Waals surface area contributed by atoms with E-state index in [1.165, 1.54) is 6.33 Å². The largest absolute Gasteiger partial charge is 0.470 e. The lowest BCUT2D eigenvalue weighted by Gasteiger charge is -2.21. The number of pyridine rings is 1. The molecule has 0 amide bonds. The van der Waals surface area contributed by atoms with Crippen LogP contribution in [0.5, 0.6) is 5.88 Å². The van der Waals surface area contributed by atoms with E-state index in [2.05, 4.69) is 20.3 Å². The van der Waals surface area contributed by atoms with Gasteiger partial charge in [-0.1, -0.05) is 0 Å². The van der Waals surface area contributed by atoms with E-state index < -0.39 is 0 Å². The van der Waals surface area contributed by atoms with Crippen LogP contribution in [0.2, 0.25) is 0 Å². The van der Waals surface area contributed by atoms with Gasteiger partial charge in [0.1, 0.15) is 17.7 Å². The van der Waals surface area contributed by atoms with Crippen molar-refractivity contribution < 1.29 is 4.74 Å². The molecule has 0 saturated carbocycles. The van der Waals surface area contributed by atoms with Crippen LogP contribution in [0.15, 0.2) is 30.7 Å². The molecule has 106 valence electrons. The number of nitrogens with two attached hydrogens (primary N) is 1. The summed E-state index contributed by atoms with van der Waals surface area (Å²) in [4.78, 5) is 12.4. The Morgan fingerprint density at radius 2 is 2.05 bits per heavy atom. The van der Waals surface area contributed by atoms with Crippen LogP contribution in [0.1, 0.15) is 26.5 Å². The highest BCUT2D eigenvalue weighted by molar-refractivity contribution is 5.53. The van der Waals surface area contributed by atoms with Crippen molar-refractivity contribution in [2.24, 2.45) is 0 Å².